The highest BCUT2D eigenvalue weighted by atomic mass is 19.4. The number of carbonyl (C=O) groups is 2. The Morgan fingerprint density at radius 1 is 1.00 bits per heavy atom. The molecule has 1 aliphatic carbocycles. The fraction of sp³-hybridized carbons (Fsp3) is 0.562. The molecule has 222 valence electrons. The Hall–Kier alpha value is -2.94. The number of rotatable bonds is 5. The lowest BCUT2D eigenvalue weighted by Gasteiger charge is -2.41. The number of likely N-dealkylation sites (tertiary alicyclic amines) is 1. The van der Waals surface area contributed by atoms with Crippen LogP contribution in [-0.2, 0) is 28.7 Å². The number of ether oxygens (including phenoxy) is 1. The Balaban J connectivity index is 1.25. The van der Waals surface area contributed by atoms with Crippen LogP contribution in [0.15, 0.2) is 36.4 Å². The van der Waals surface area contributed by atoms with Crippen molar-refractivity contribution >= 4 is 11.9 Å². The first-order valence-electron chi connectivity index (χ1n) is 14.5. The van der Waals surface area contributed by atoms with E-state index < -0.39 is 28.9 Å². The summed E-state index contributed by atoms with van der Waals surface area (Å²) < 4.78 is 58.8. The molecule has 2 aliphatic heterocycles. The molecule has 5 nitrogen and oxygen atoms in total. The van der Waals surface area contributed by atoms with Crippen LogP contribution in [0.1, 0.15) is 84.5 Å². The number of halogens is 4. The third-order valence-corrected chi connectivity index (χ3v) is 9.80. The lowest BCUT2D eigenvalue weighted by atomic mass is 9.73. The second-order valence-corrected chi connectivity index (χ2v) is 12.2. The molecule has 0 bridgehead atoms. The van der Waals surface area contributed by atoms with Gasteiger partial charge in [-0.15, -0.1) is 0 Å². The number of hydrogen-bond donors (Lipinski definition) is 0. The first-order valence-corrected chi connectivity index (χ1v) is 14.5. The number of piperidine rings is 1. The van der Waals surface area contributed by atoms with E-state index in [-0.39, 0.29) is 35.9 Å². The quantitative estimate of drug-likeness (QED) is 0.299. The zero-order chi connectivity index (χ0) is 29.5. The molecule has 1 amide bonds. The summed E-state index contributed by atoms with van der Waals surface area (Å²) in [6.07, 6.45) is 0.299. The number of amides is 1. The molecular weight excluding hydrogens is 536 g/mol. The minimum atomic E-state index is -4.41. The Morgan fingerprint density at radius 3 is 2.39 bits per heavy atom. The Labute approximate surface area is 238 Å². The van der Waals surface area contributed by atoms with E-state index >= 15 is 0 Å². The summed E-state index contributed by atoms with van der Waals surface area (Å²) in [5.41, 5.74) is 1.16. The maximum Gasteiger partial charge on any atom is 0.416 e. The van der Waals surface area contributed by atoms with Gasteiger partial charge in [0.1, 0.15) is 5.82 Å². The molecule has 2 fully saturated rings. The molecule has 3 aliphatic rings. The van der Waals surface area contributed by atoms with Crippen molar-refractivity contribution in [1.82, 2.24) is 9.80 Å². The van der Waals surface area contributed by atoms with Gasteiger partial charge in [-0.1, -0.05) is 26.0 Å². The van der Waals surface area contributed by atoms with E-state index in [1.165, 1.54) is 19.2 Å². The summed E-state index contributed by atoms with van der Waals surface area (Å²) in [6, 6.07) is 8.82. The number of hydrogen-bond acceptors (Lipinski definition) is 4. The lowest BCUT2D eigenvalue weighted by molar-refractivity contribution is -0.146. The Kier molecular flexibility index (Phi) is 8.21. The van der Waals surface area contributed by atoms with Crippen LogP contribution in [-0.4, -0.2) is 54.5 Å². The van der Waals surface area contributed by atoms with Crippen LogP contribution in [0.25, 0.3) is 0 Å². The Morgan fingerprint density at radius 2 is 1.73 bits per heavy atom. The molecule has 2 atom stereocenters. The smallest absolute Gasteiger partial charge is 0.416 e. The van der Waals surface area contributed by atoms with Crippen molar-refractivity contribution in [2.45, 2.75) is 77.1 Å². The minimum Gasteiger partial charge on any atom is -0.465 e. The maximum absolute atomic E-state index is 14.1. The van der Waals surface area contributed by atoms with E-state index in [1.54, 1.807) is 23.1 Å². The van der Waals surface area contributed by atoms with Gasteiger partial charge in [0.2, 0.25) is 5.91 Å². The highest BCUT2D eigenvalue weighted by Crippen LogP contribution is 2.49. The molecule has 2 heterocycles. The normalized spacial score (nSPS) is 24.0. The molecule has 2 aromatic rings. The highest BCUT2D eigenvalue weighted by Gasteiger charge is 2.51. The fourth-order valence-electron chi connectivity index (χ4n) is 7.21. The van der Waals surface area contributed by atoms with Crippen LogP contribution in [0.2, 0.25) is 0 Å². The molecule has 0 spiro atoms. The lowest BCUT2D eigenvalue weighted by Crippen LogP contribution is -2.48. The molecular formula is C32H38F4N2O3. The zero-order valence-electron chi connectivity index (χ0n) is 23.9. The SMILES string of the molecule is COC(=O)c1cc(C2CCN([C@@H]3CC[C@@](C(=O)N4CCc5ccc(C(F)(F)F)cc5C4)(C(C)C)C3)CC2)ccc1F. The monoisotopic (exact) mass is 574 g/mol. The van der Waals surface area contributed by atoms with Gasteiger partial charge in [-0.3, -0.25) is 4.79 Å². The van der Waals surface area contributed by atoms with E-state index in [1.807, 2.05) is 0 Å². The Bertz CT molecular complexity index is 1300. The third-order valence-electron chi connectivity index (χ3n) is 9.80. The van der Waals surface area contributed by atoms with Crippen LogP contribution in [0.5, 0.6) is 0 Å². The van der Waals surface area contributed by atoms with Crippen LogP contribution in [0, 0.1) is 17.2 Å². The zero-order valence-corrected chi connectivity index (χ0v) is 23.9. The summed E-state index contributed by atoms with van der Waals surface area (Å²) >= 11 is 0. The van der Waals surface area contributed by atoms with Gasteiger partial charge in [0.25, 0.3) is 0 Å². The van der Waals surface area contributed by atoms with Gasteiger partial charge in [0.15, 0.2) is 0 Å². The maximum atomic E-state index is 14.1. The standard InChI is InChI=1S/C32H38F4N2O3/c1-20(2)31(30(40)38-15-11-21-4-6-25(32(34,35)36)16-24(21)19-38)12-8-26(18-31)37-13-9-22(10-14-37)23-5-7-28(33)27(17-23)29(39)41-3/h4-7,16-17,20,22,26H,8-15,18-19H2,1-3H3/t26-,31+/m1/s1. The van der Waals surface area contributed by atoms with Gasteiger partial charge in [0.05, 0.1) is 23.7 Å². The van der Waals surface area contributed by atoms with Crippen molar-refractivity contribution in [3.05, 3.63) is 70.0 Å². The summed E-state index contributed by atoms with van der Waals surface area (Å²) in [5, 5.41) is 0. The van der Waals surface area contributed by atoms with Crippen LogP contribution in [0.4, 0.5) is 17.6 Å². The fourth-order valence-corrected chi connectivity index (χ4v) is 7.21. The number of fused-ring (bicyclic) bond motifs is 1. The second-order valence-electron chi connectivity index (χ2n) is 12.2. The number of carbonyl (C=O) groups excluding carboxylic acids is 2. The summed E-state index contributed by atoms with van der Waals surface area (Å²) in [6.45, 7) is 6.60. The van der Waals surface area contributed by atoms with Gasteiger partial charge in [-0.2, -0.15) is 13.2 Å². The van der Waals surface area contributed by atoms with Crippen molar-refractivity contribution in [3.63, 3.8) is 0 Å². The van der Waals surface area contributed by atoms with Crippen LogP contribution < -0.4 is 0 Å². The van der Waals surface area contributed by atoms with Gasteiger partial charge in [-0.25, -0.2) is 9.18 Å². The van der Waals surface area contributed by atoms with Crippen molar-refractivity contribution in [2.75, 3.05) is 26.7 Å². The molecule has 1 saturated heterocycles. The predicted octanol–water partition coefficient (Wildman–Crippen LogP) is 6.59. The first kappa shape index (κ1) is 29.5. The summed E-state index contributed by atoms with van der Waals surface area (Å²) in [7, 11) is 1.24. The topological polar surface area (TPSA) is 49.9 Å². The average molecular weight is 575 g/mol. The molecule has 0 radical (unpaired) electrons. The molecule has 0 N–H and O–H groups in total. The van der Waals surface area contributed by atoms with E-state index in [0.29, 0.717) is 18.5 Å². The second kappa shape index (κ2) is 11.4. The third kappa shape index (κ3) is 5.74. The van der Waals surface area contributed by atoms with E-state index in [0.717, 1.165) is 62.4 Å². The van der Waals surface area contributed by atoms with Crippen molar-refractivity contribution in [2.24, 2.45) is 11.3 Å². The van der Waals surface area contributed by atoms with Crippen LogP contribution >= 0.6 is 0 Å². The number of methoxy groups -OCH3 is 1. The largest absolute Gasteiger partial charge is 0.465 e. The minimum absolute atomic E-state index is 0.0431. The average Bonchev–Trinajstić information content (AvgIpc) is 3.43. The molecule has 2 aromatic carbocycles. The first-order chi connectivity index (χ1) is 19.4. The number of nitrogens with zero attached hydrogens (tertiary/aromatic N) is 2. The highest BCUT2D eigenvalue weighted by molar-refractivity contribution is 5.89. The van der Waals surface area contributed by atoms with Gasteiger partial charge < -0.3 is 14.5 Å². The van der Waals surface area contributed by atoms with E-state index in [2.05, 4.69) is 18.7 Å². The van der Waals surface area contributed by atoms with Gasteiger partial charge >= 0.3 is 12.1 Å². The van der Waals surface area contributed by atoms with Gasteiger partial charge in [0, 0.05) is 19.1 Å². The van der Waals surface area contributed by atoms with Gasteiger partial charge in [-0.05, 0) is 104 Å². The molecule has 1 saturated carbocycles. The van der Waals surface area contributed by atoms with Crippen molar-refractivity contribution < 1.29 is 31.9 Å². The van der Waals surface area contributed by atoms with E-state index in [4.69, 9.17) is 4.74 Å². The molecule has 9 heteroatoms. The molecule has 0 unspecified atom stereocenters. The molecule has 41 heavy (non-hydrogen) atoms. The van der Waals surface area contributed by atoms with Crippen LogP contribution in [0.3, 0.4) is 0 Å². The number of esters is 1. The predicted molar refractivity (Wildman–Crippen MR) is 147 cm³/mol. The molecule has 5 rings (SSSR count). The van der Waals surface area contributed by atoms with Crippen molar-refractivity contribution in [1.29, 1.82) is 0 Å². The summed E-state index contributed by atoms with van der Waals surface area (Å²) in [4.78, 5) is 30.3. The van der Waals surface area contributed by atoms with E-state index in [9.17, 15) is 27.2 Å². The summed E-state index contributed by atoms with van der Waals surface area (Å²) in [5.74, 6) is -0.883. The number of alkyl halides is 3. The molecule has 0 aromatic heterocycles. The van der Waals surface area contributed by atoms with Crippen molar-refractivity contribution in [3.8, 4) is 0 Å². The number of benzene rings is 2.